The zero-order valence-corrected chi connectivity index (χ0v) is 15.5. The van der Waals surface area contributed by atoms with Crippen molar-refractivity contribution in [1.82, 2.24) is 15.1 Å². The Hall–Kier alpha value is -3.61. The number of hydrogen-bond acceptors (Lipinski definition) is 5. The zero-order valence-electron chi connectivity index (χ0n) is 15.5. The summed E-state index contributed by atoms with van der Waals surface area (Å²) in [7, 11) is 1.57. The second-order valence-electron chi connectivity index (χ2n) is 6.07. The smallest absolute Gasteiger partial charge is 0.338 e. The van der Waals surface area contributed by atoms with Crippen LogP contribution in [0.5, 0.6) is 5.75 Å². The Morgan fingerprint density at radius 2 is 1.86 bits per heavy atom. The SMILES string of the molecule is COc1ccccc1CNC(=O)COC(=O)c1ccc(Cn2cccn2)cc1. The Morgan fingerprint density at radius 1 is 1.07 bits per heavy atom. The molecule has 0 spiro atoms. The molecule has 3 rings (SSSR count). The number of benzene rings is 2. The summed E-state index contributed by atoms with van der Waals surface area (Å²) in [6, 6.07) is 16.3. The first-order valence-corrected chi connectivity index (χ1v) is 8.78. The highest BCUT2D eigenvalue weighted by Gasteiger charge is 2.11. The fourth-order valence-electron chi connectivity index (χ4n) is 2.64. The summed E-state index contributed by atoms with van der Waals surface area (Å²) >= 11 is 0. The molecular weight excluding hydrogens is 358 g/mol. The Balaban J connectivity index is 1.46. The molecule has 0 aliphatic rings. The quantitative estimate of drug-likeness (QED) is 0.608. The van der Waals surface area contributed by atoms with Crippen LogP contribution in [0.15, 0.2) is 67.0 Å². The van der Waals surface area contributed by atoms with Crippen molar-refractivity contribution in [2.45, 2.75) is 13.1 Å². The second-order valence-corrected chi connectivity index (χ2v) is 6.07. The van der Waals surface area contributed by atoms with Gasteiger partial charge in [-0.05, 0) is 29.8 Å². The molecule has 28 heavy (non-hydrogen) atoms. The van der Waals surface area contributed by atoms with Crippen LogP contribution < -0.4 is 10.1 Å². The molecule has 0 unspecified atom stereocenters. The molecule has 7 heteroatoms. The third kappa shape index (κ3) is 5.20. The minimum atomic E-state index is -0.543. The third-order valence-electron chi connectivity index (χ3n) is 4.10. The summed E-state index contributed by atoms with van der Waals surface area (Å²) in [6.07, 6.45) is 3.58. The van der Waals surface area contributed by atoms with Crippen molar-refractivity contribution in [3.05, 3.63) is 83.7 Å². The van der Waals surface area contributed by atoms with Crippen LogP contribution >= 0.6 is 0 Å². The lowest BCUT2D eigenvalue weighted by Crippen LogP contribution is -2.28. The number of carbonyl (C=O) groups is 2. The zero-order chi connectivity index (χ0) is 19.8. The molecule has 2 aromatic carbocycles. The molecule has 1 aromatic heterocycles. The van der Waals surface area contributed by atoms with E-state index in [0.29, 0.717) is 24.4 Å². The largest absolute Gasteiger partial charge is 0.496 e. The molecule has 0 aliphatic carbocycles. The summed E-state index contributed by atoms with van der Waals surface area (Å²) in [6.45, 7) is 0.569. The van der Waals surface area contributed by atoms with E-state index in [9.17, 15) is 9.59 Å². The molecule has 1 heterocycles. The van der Waals surface area contributed by atoms with Crippen molar-refractivity contribution in [2.75, 3.05) is 13.7 Å². The summed E-state index contributed by atoms with van der Waals surface area (Å²) in [5, 5.41) is 6.85. The number of carbonyl (C=O) groups excluding carboxylic acids is 2. The molecular formula is C21H21N3O4. The number of para-hydroxylation sites is 1. The first-order valence-electron chi connectivity index (χ1n) is 8.78. The molecule has 1 amide bonds. The van der Waals surface area contributed by atoms with Crippen LogP contribution in [0.4, 0.5) is 0 Å². The van der Waals surface area contributed by atoms with E-state index >= 15 is 0 Å². The van der Waals surface area contributed by atoms with Crippen molar-refractivity contribution in [1.29, 1.82) is 0 Å². The molecule has 0 aliphatic heterocycles. The van der Waals surface area contributed by atoms with Gasteiger partial charge in [-0.1, -0.05) is 30.3 Å². The van der Waals surface area contributed by atoms with Gasteiger partial charge in [-0.15, -0.1) is 0 Å². The monoisotopic (exact) mass is 379 g/mol. The highest BCUT2D eigenvalue weighted by molar-refractivity contribution is 5.91. The van der Waals surface area contributed by atoms with Crippen LogP contribution in [-0.2, 0) is 22.6 Å². The number of esters is 1. The van der Waals surface area contributed by atoms with Crippen LogP contribution in [0.3, 0.4) is 0 Å². The summed E-state index contributed by atoms with van der Waals surface area (Å²) < 4.78 is 12.1. The normalized spacial score (nSPS) is 10.3. The van der Waals surface area contributed by atoms with Crippen LogP contribution in [0.25, 0.3) is 0 Å². The summed E-state index contributed by atoms with van der Waals surface area (Å²) in [4.78, 5) is 24.1. The third-order valence-corrected chi connectivity index (χ3v) is 4.10. The lowest BCUT2D eigenvalue weighted by molar-refractivity contribution is -0.124. The van der Waals surface area contributed by atoms with Crippen LogP contribution in [-0.4, -0.2) is 35.4 Å². The minimum absolute atomic E-state index is 0.294. The van der Waals surface area contributed by atoms with Crippen LogP contribution in [0, 0.1) is 0 Å². The van der Waals surface area contributed by atoms with Crippen molar-refractivity contribution in [2.24, 2.45) is 0 Å². The maximum Gasteiger partial charge on any atom is 0.338 e. The average Bonchev–Trinajstić information content (AvgIpc) is 3.24. The maximum atomic E-state index is 12.1. The summed E-state index contributed by atoms with van der Waals surface area (Å²) in [5.41, 5.74) is 2.24. The van der Waals surface area contributed by atoms with E-state index in [2.05, 4.69) is 10.4 Å². The number of hydrogen-bond donors (Lipinski definition) is 1. The van der Waals surface area contributed by atoms with E-state index in [-0.39, 0.29) is 12.5 Å². The highest BCUT2D eigenvalue weighted by atomic mass is 16.5. The fourth-order valence-corrected chi connectivity index (χ4v) is 2.64. The second kappa shape index (κ2) is 9.36. The Morgan fingerprint density at radius 3 is 2.57 bits per heavy atom. The van der Waals surface area contributed by atoms with Gasteiger partial charge in [0.25, 0.3) is 5.91 Å². The predicted molar refractivity (Wildman–Crippen MR) is 103 cm³/mol. The molecule has 144 valence electrons. The first kappa shape index (κ1) is 19.2. The molecule has 7 nitrogen and oxygen atoms in total. The molecule has 3 aromatic rings. The average molecular weight is 379 g/mol. The molecule has 0 saturated heterocycles. The van der Waals surface area contributed by atoms with Gasteiger partial charge in [0.05, 0.1) is 19.2 Å². The minimum Gasteiger partial charge on any atom is -0.496 e. The van der Waals surface area contributed by atoms with Crippen molar-refractivity contribution < 1.29 is 19.1 Å². The van der Waals surface area contributed by atoms with Gasteiger partial charge < -0.3 is 14.8 Å². The Labute approximate surface area is 162 Å². The van der Waals surface area contributed by atoms with Gasteiger partial charge in [0, 0.05) is 24.5 Å². The van der Waals surface area contributed by atoms with Gasteiger partial charge >= 0.3 is 5.97 Å². The van der Waals surface area contributed by atoms with E-state index in [1.54, 1.807) is 30.1 Å². The Kier molecular flexibility index (Phi) is 6.41. The van der Waals surface area contributed by atoms with E-state index in [0.717, 1.165) is 11.1 Å². The molecule has 0 saturated carbocycles. The van der Waals surface area contributed by atoms with Crippen LogP contribution in [0.1, 0.15) is 21.5 Å². The molecule has 0 atom stereocenters. The van der Waals surface area contributed by atoms with Gasteiger partial charge in [0.2, 0.25) is 0 Å². The van der Waals surface area contributed by atoms with Gasteiger partial charge in [0.1, 0.15) is 5.75 Å². The number of nitrogens with one attached hydrogen (secondary N) is 1. The van der Waals surface area contributed by atoms with E-state index in [1.807, 2.05) is 48.7 Å². The number of amides is 1. The van der Waals surface area contributed by atoms with E-state index in [1.165, 1.54) is 0 Å². The molecule has 0 radical (unpaired) electrons. The van der Waals surface area contributed by atoms with Gasteiger partial charge in [-0.3, -0.25) is 9.48 Å². The van der Waals surface area contributed by atoms with Crippen LogP contribution in [0.2, 0.25) is 0 Å². The standard InChI is InChI=1S/C21H21N3O4/c1-27-19-6-3-2-5-18(19)13-22-20(25)15-28-21(26)17-9-7-16(8-10-17)14-24-12-4-11-23-24/h2-12H,13-15H2,1H3,(H,22,25). The van der Waals surface area contributed by atoms with E-state index < -0.39 is 5.97 Å². The number of nitrogens with zero attached hydrogens (tertiary/aromatic N) is 2. The van der Waals surface area contributed by atoms with Gasteiger partial charge in [-0.2, -0.15) is 5.10 Å². The van der Waals surface area contributed by atoms with Crippen molar-refractivity contribution in [3.8, 4) is 5.75 Å². The van der Waals surface area contributed by atoms with Gasteiger partial charge in [-0.25, -0.2) is 4.79 Å². The molecule has 1 N–H and O–H groups in total. The molecule has 0 bridgehead atoms. The number of ether oxygens (including phenoxy) is 2. The number of rotatable bonds is 8. The van der Waals surface area contributed by atoms with Crippen molar-refractivity contribution >= 4 is 11.9 Å². The first-order chi connectivity index (χ1) is 13.7. The number of methoxy groups -OCH3 is 1. The Bertz CT molecular complexity index is 921. The predicted octanol–water partition coefficient (Wildman–Crippen LogP) is 2.41. The van der Waals surface area contributed by atoms with Crippen molar-refractivity contribution in [3.63, 3.8) is 0 Å². The fraction of sp³-hybridized carbons (Fsp3) is 0.190. The lowest BCUT2D eigenvalue weighted by atomic mass is 10.1. The highest BCUT2D eigenvalue weighted by Crippen LogP contribution is 2.16. The van der Waals surface area contributed by atoms with E-state index in [4.69, 9.17) is 9.47 Å². The molecule has 0 fully saturated rings. The maximum absolute atomic E-state index is 12.1. The van der Waals surface area contributed by atoms with Gasteiger partial charge in [0.15, 0.2) is 6.61 Å². The lowest BCUT2D eigenvalue weighted by Gasteiger charge is -2.10. The number of aromatic nitrogens is 2. The topological polar surface area (TPSA) is 82.5 Å². The summed E-state index contributed by atoms with van der Waals surface area (Å²) in [5.74, 6) is -0.234.